The van der Waals surface area contributed by atoms with E-state index in [1.165, 1.54) is 18.2 Å². The first-order chi connectivity index (χ1) is 8.28. The van der Waals surface area contributed by atoms with Crippen molar-refractivity contribution in [3.63, 3.8) is 0 Å². The van der Waals surface area contributed by atoms with Gasteiger partial charge in [-0.1, -0.05) is 12.1 Å². The number of nitrogens with one attached hydrogen (secondary N) is 1. The molecule has 1 amide bonds. The average molecular weight is 248 g/mol. The van der Waals surface area contributed by atoms with Crippen LogP contribution in [-0.4, -0.2) is 16.4 Å². The van der Waals surface area contributed by atoms with Gasteiger partial charge in [-0.05, 0) is 32.4 Å². The lowest BCUT2D eigenvalue weighted by atomic mass is 10.1. The van der Waals surface area contributed by atoms with Gasteiger partial charge in [-0.3, -0.25) is 14.9 Å². The number of hydrogen-bond donors (Lipinski definition) is 1. The maximum Gasteiger partial charge on any atom is 0.270 e. The van der Waals surface area contributed by atoms with Crippen LogP contribution in [0.15, 0.2) is 30.3 Å². The second kappa shape index (κ2) is 5.44. The molecule has 0 aromatic heterocycles. The molecule has 18 heavy (non-hydrogen) atoms. The number of nitro groups is 1. The lowest BCUT2D eigenvalue weighted by molar-refractivity contribution is -0.384. The number of benzene rings is 1. The zero-order valence-electron chi connectivity index (χ0n) is 10.6. The van der Waals surface area contributed by atoms with E-state index in [2.05, 4.69) is 5.32 Å². The van der Waals surface area contributed by atoms with E-state index in [9.17, 15) is 14.9 Å². The molecule has 5 nitrogen and oxygen atoms in total. The van der Waals surface area contributed by atoms with Gasteiger partial charge in [0.25, 0.3) is 5.69 Å². The van der Waals surface area contributed by atoms with E-state index in [4.69, 9.17) is 0 Å². The number of non-ortho nitro benzene ring substituents is 1. The van der Waals surface area contributed by atoms with E-state index in [-0.39, 0.29) is 17.1 Å². The molecule has 0 saturated heterocycles. The summed E-state index contributed by atoms with van der Waals surface area (Å²) in [5.41, 5.74) is 0.325. The number of amides is 1. The number of hydrogen-bond acceptors (Lipinski definition) is 3. The van der Waals surface area contributed by atoms with Gasteiger partial charge in [-0.25, -0.2) is 0 Å². The lowest BCUT2D eigenvalue weighted by Gasteiger charge is -2.18. The molecule has 0 radical (unpaired) electrons. The first-order valence-corrected chi connectivity index (χ1v) is 5.52. The molecule has 0 spiro atoms. The summed E-state index contributed by atoms with van der Waals surface area (Å²) in [4.78, 5) is 21.6. The highest BCUT2D eigenvalue weighted by atomic mass is 16.6. The molecule has 0 atom stereocenters. The highest BCUT2D eigenvalue weighted by molar-refractivity contribution is 5.92. The third-order valence-corrected chi connectivity index (χ3v) is 2.01. The zero-order valence-corrected chi connectivity index (χ0v) is 10.6. The van der Waals surface area contributed by atoms with Gasteiger partial charge < -0.3 is 5.32 Å². The Kier molecular flexibility index (Phi) is 4.20. The van der Waals surface area contributed by atoms with Gasteiger partial charge in [0.1, 0.15) is 0 Å². The molecule has 0 unspecified atom stereocenters. The molecular formula is C13H16N2O3. The molecule has 5 heteroatoms. The largest absolute Gasteiger partial charge is 0.348 e. The standard InChI is InChI=1S/C13H16N2O3/c1-13(2,3)14-12(16)8-7-10-5-4-6-11(9-10)15(17)18/h4-9H,1-3H3,(H,14,16)/b8-7+. The predicted octanol–water partition coefficient (Wildman–Crippen LogP) is 2.52. The number of carbonyl (C=O) groups excluding carboxylic acids is 1. The van der Waals surface area contributed by atoms with Crippen molar-refractivity contribution in [3.8, 4) is 0 Å². The predicted molar refractivity (Wildman–Crippen MR) is 70.0 cm³/mol. The Morgan fingerprint density at radius 2 is 2.06 bits per heavy atom. The molecule has 0 bridgehead atoms. The first kappa shape index (κ1) is 13.9. The smallest absolute Gasteiger partial charge is 0.270 e. The average Bonchev–Trinajstić information content (AvgIpc) is 2.24. The summed E-state index contributed by atoms with van der Waals surface area (Å²) in [5.74, 6) is -0.228. The second-order valence-corrected chi connectivity index (χ2v) is 4.92. The SMILES string of the molecule is CC(C)(C)NC(=O)/C=C/c1cccc([N+](=O)[O-])c1. The Balaban J connectivity index is 2.76. The molecule has 1 N–H and O–H groups in total. The molecule has 1 aromatic carbocycles. The highest BCUT2D eigenvalue weighted by Crippen LogP contribution is 2.14. The molecule has 0 heterocycles. The maximum atomic E-state index is 11.5. The fourth-order valence-corrected chi connectivity index (χ4v) is 1.33. The van der Waals surface area contributed by atoms with Gasteiger partial charge in [-0.15, -0.1) is 0 Å². The van der Waals surface area contributed by atoms with Crippen LogP contribution in [-0.2, 0) is 4.79 Å². The second-order valence-electron chi connectivity index (χ2n) is 4.92. The van der Waals surface area contributed by atoms with E-state index < -0.39 is 4.92 Å². The van der Waals surface area contributed by atoms with E-state index in [0.717, 1.165) is 0 Å². The Bertz CT molecular complexity index is 487. The monoisotopic (exact) mass is 248 g/mol. The van der Waals surface area contributed by atoms with Gasteiger partial charge in [0.05, 0.1) is 4.92 Å². The Labute approximate surface area is 106 Å². The Morgan fingerprint density at radius 3 is 2.61 bits per heavy atom. The number of nitrogens with zero attached hydrogens (tertiary/aromatic N) is 1. The first-order valence-electron chi connectivity index (χ1n) is 5.52. The van der Waals surface area contributed by atoms with Crippen molar-refractivity contribution in [2.75, 3.05) is 0 Å². The molecule has 0 aliphatic heterocycles. The zero-order chi connectivity index (χ0) is 13.8. The quantitative estimate of drug-likeness (QED) is 0.507. The molecule has 0 fully saturated rings. The van der Waals surface area contributed by atoms with Crippen LogP contribution in [0.1, 0.15) is 26.3 Å². The molecule has 1 rings (SSSR count). The molecule has 0 aliphatic carbocycles. The van der Waals surface area contributed by atoms with Gasteiger partial charge in [0.15, 0.2) is 0 Å². The minimum Gasteiger partial charge on any atom is -0.348 e. The van der Waals surface area contributed by atoms with Gasteiger partial charge >= 0.3 is 0 Å². The van der Waals surface area contributed by atoms with Crippen LogP contribution >= 0.6 is 0 Å². The van der Waals surface area contributed by atoms with Gasteiger partial charge in [-0.2, -0.15) is 0 Å². The fraction of sp³-hybridized carbons (Fsp3) is 0.308. The fourth-order valence-electron chi connectivity index (χ4n) is 1.33. The van der Waals surface area contributed by atoms with E-state index >= 15 is 0 Å². The third-order valence-electron chi connectivity index (χ3n) is 2.01. The summed E-state index contributed by atoms with van der Waals surface area (Å²) in [5, 5.41) is 13.3. The van der Waals surface area contributed by atoms with Crippen molar-refractivity contribution < 1.29 is 9.72 Å². The summed E-state index contributed by atoms with van der Waals surface area (Å²) in [6.07, 6.45) is 2.92. The summed E-state index contributed by atoms with van der Waals surface area (Å²) in [6.45, 7) is 5.64. The summed E-state index contributed by atoms with van der Waals surface area (Å²) in [7, 11) is 0. The van der Waals surface area contributed by atoms with Crippen LogP contribution in [0, 0.1) is 10.1 Å². The van der Waals surface area contributed by atoms with Gasteiger partial charge in [0.2, 0.25) is 5.91 Å². The van der Waals surface area contributed by atoms with Crippen LogP contribution in [0.5, 0.6) is 0 Å². The van der Waals surface area contributed by atoms with E-state index in [1.807, 2.05) is 20.8 Å². The molecule has 0 aliphatic rings. The number of rotatable bonds is 3. The summed E-state index contributed by atoms with van der Waals surface area (Å²) < 4.78 is 0. The van der Waals surface area contributed by atoms with Gasteiger partial charge in [0, 0.05) is 23.7 Å². The molecular weight excluding hydrogens is 232 g/mol. The summed E-state index contributed by atoms with van der Waals surface area (Å²) >= 11 is 0. The van der Waals surface area contributed by atoms with Crippen LogP contribution in [0.3, 0.4) is 0 Å². The number of nitro benzene ring substituents is 1. The van der Waals surface area contributed by atoms with Crippen molar-refractivity contribution in [1.82, 2.24) is 5.32 Å². The minimum absolute atomic E-state index is 0.00776. The lowest BCUT2D eigenvalue weighted by Crippen LogP contribution is -2.39. The van der Waals surface area contributed by atoms with Crippen LogP contribution in [0.4, 0.5) is 5.69 Å². The van der Waals surface area contributed by atoms with Crippen LogP contribution in [0.2, 0.25) is 0 Å². The van der Waals surface area contributed by atoms with Crippen molar-refractivity contribution in [3.05, 3.63) is 46.0 Å². The topological polar surface area (TPSA) is 72.2 Å². The van der Waals surface area contributed by atoms with E-state index in [1.54, 1.807) is 18.2 Å². The van der Waals surface area contributed by atoms with Crippen molar-refractivity contribution in [2.45, 2.75) is 26.3 Å². The van der Waals surface area contributed by atoms with Crippen molar-refractivity contribution in [1.29, 1.82) is 0 Å². The number of carbonyl (C=O) groups is 1. The molecule has 1 aromatic rings. The van der Waals surface area contributed by atoms with Crippen molar-refractivity contribution >= 4 is 17.7 Å². The maximum absolute atomic E-state index is 11.5. The van der Waals surface area contributed by atoms with Crippen molar-refractivity contribution in [2.24, 2.45) is 0 Å². The van der Waals surface area contributed by atoms with E-state index in [0.29, 0.717) is 5.56 Å². The Morgan fingerprint density at radius 1 is 1.39 bits per heavy atom. The summed E-state index contributed by atoms with van der Waals surface area (Å²) in [6, 6.07) is 6.11. The molecule has 0 saturated carbocycles. The highest BCUT2D eigenvalue weighted by Gasteiger charge is 2.11. The third kappa shape index (κ3) is 4.78. The van der Waals surface area contributed by atoms with Crippen LogP contribution < -0.4 is 5.32 Å². The van der Waals surface area contributed by atoms with Crippen LogP contribution in [0.25, 0.3) is 6.08 Å². The molecule has 96 valence electrons. The normalized spacial score (nSPS) is 11.5. The Hall–Kier alpha value is -2.17. The minimum atomic E-state index is -0.466.